The lowest BCUT2D eigenvalue weighted by Crippen LogP contribution is -2.44. The van der Waals surface area contributed by atoms with Crippen molar-refractivity contribution < 1.29 is 18.7 Å². The molecule has 150 valence electrons. The second-order valence-electron chi connectivity index (χ2n) is 7.04. The topological polar surface area (TPSA) is 89.7 Å². The second kappa shape index (κ2) is 7.75. The van der Waals surface area contributed by atoms with Crippen LogP contribution in [-0.2, 0) is 6.54 Å². The predicted octanol–water partition coefficient (Wildman–Crippen LogP) is 3.62. The van der Waals surface area contributed by atoms with Crippen molar-refractivity contribution in [2.75, 3.05) is 19.9 Å². The first-order valence-corrected chi connectivity index (χ1v) is 10.4. The lowest BCUT2D eigenvalue weighted by atomic mass is 9.98. The lowest BCUT2D eigenvalue weighted by Gasteiger charge is -2.31. The van der Waals surface area contributed by atoms with Crippen LogP contribution in [0.25, 0.3) is 11.5 Å². The third-order valence-corrected chi connectivity index (χ3v) is 5.99. The average Bonchev–Trinajstić information content (AvgIpc) is 3.53. The van der Waals surface area contributed by atoms with E-state index < -0.39 is 0 Å². The number of nitrogens with zero attached hydrogens (tertiary/aromatic N) is 3. The zero-order valence-electron chi connectivity index (χ0n) is 15.7. The molecule has 9 heteroatoms. The number of ether oxygens (including phenoxy) is 2. The fourth-order valence-electron chi connectivity index (χ4n) is 3.60. The van der Waals surface area contributed by atoms with E-state index in [9.17, 15) is 4.79 Å². The molecule has 0 spiro atoms. The monoisotopic (exact) mass is 412 g/mol. The van der Waals surface area contributed by atoms with Gasteiger partial charge in [0.25, 0.3) is 0 Å². The zero-order chi connectivity index (χ0) is 19.6. The minimum Gasteiger partial charge on any atom is -0.454 e. The van der Waals surface area contributed by atoms with Gasteiger partial charge in [0.05, 0.1) is 12.5 Å². The molecule has 2 amide bonds. The van der Waals surface area contributed by atoms with Crippen LogP contribution in [0.4, 0.5) is 4.79 Å². The number of amides is 2. The third kappa shape index (κ3) is 3.77. The van der Waals surface area contributed by atoms with Gasteiger partial charge in [-0.15, -0.1) is 21.5 Å². The van der Waals surface area contributed by atoms with Crippen molar-refractivity contribution in [1.82, 2.24) is 20.4 Å². The van der Waals surface area contributed by atoms with Gasteiger partial charge in [0, 0.05) is 23.5 Å². The molecular formula is C20H20N4O4S. The standard InChI is InChI=1S/C20H20N4O4S/c25-20(21-10-15-4-2-8-29-15)24-7-1-3-14(11-24)19-23-22-18(28-19)13-5-6-16-17(9-13)27-12-26-16/h2,4-6,8-9,14H,1,3,7,10-12H2,(H,21,25). The molecule has 1 atom stereocenters. The number of carbonyl (C=O) groups excluding carboxylic acids is 1. The smallest absolute Gasteiger partial charge is 0.317 e. The summed E-state index contributed by atoms with van der Waals surface area (Å²) in [4.78, 5) is 15.5. The SMILES string of the molecule is O=C(NCc1cccs1)N1CCCC(c2nnc(-c3ccc4c(c3)OCO4)o2)C1. The Morgan fingerprint density at radius 1 is 1.24 bits per heavy atom. The first-order valence-electron chi connectivity index (χ1n) is 9.55. The molecule has 0 saturated carbocycles. The number of thiophene rings is 1. The quantitative estimate of drug-likeness (QED) is 0.704. The molecule has 2 aliphatic heterocycles. The van der Waals surface area contributed by atoms with Crippen LogP contribution in [-0.4, -0.2) is 41.0 Å². The first kappa shape index (κ1) is 18.0. The Morgan fingerprint density at radius 3 is 3.07 bits per heavy atom. The number of aromatic nitrogens is 2. The largest absolute Gasteiger partial charge is 0.454 e. The molecule has 4 heterocycles. The summed E-state index contributed by atoms with van der Waals surface area (Å²) in [5.41, 5.74) is 0.786. The van der Waals surface area contributed by atoms with Gasteiger partial charge in [-0.05, 0) is 42.5 Å². The Balaban J connectivity index is 1.24. The number of likely N-dealkylation sites (tertiary alicyclic amines) is 1. The number of fused-ring (bicyclic) bond motifs is 1. The van der Waals surface area contributed by atoms with Crippen LogP contribution in [0.1, 0.15) is 29.5 Å². The van der Waals surface area contributed by atoms with Gasteiger partial charge < -0.3 is 24.1 Å². The van der Waals surface area contributed by atoms with E-state index in [0.29, 0.717) is 36.4 Å². The van der Waals surface area contributed by atoms with Crippen LogP contribution in [0.3, 0.4) is 0 Å². The van der Waals surface area contributed by atoms with E-state index in [1.54, 1.807) is 11.3 Å². The maximum absolute atomic E-state index is 12.5. The van der Waals surface area contributed by atoms with Crippen molar-refractivity contribution in [2.45, 2.75) is 25.3 Å². The molecule has 2 aliphatic rings. The molecule has 3 aromatic rings. The molecule has 2 aromatic heterocycles. The first-order chi connectivity index (χ1) is 14.3. The van der Waals surface area contributed by atoms with Crippen molar-refractivity contribution in [3.05, 3.63) is 46.5 Å². The lowest BCUT2D eigenvalue weighted by molar-refractivity contribution is 0.173. The number of benzene rings is 1. The fourth-order valence-corrected chi connectivity index (χ4v) is 4.24. The Bertz CT molecular complexity index is 1000. The number of hydrogen-bond acceptors (Lipinski definition) is 7. The number of nitrogens with one attached hydrogen (secondary N) is 1. The highest BCUT2D eigenvalue weighted by Crippen LogP contribution is 2.36. The Kier molecular flexibility index (Phi) is 4.81. The number of urea groups is 1. The second-order valence-corrected chi connectivity index (χ2v) is 8.07. The molecular weight excluding hydrogens is 392 g/mol. The predicted molar refractivity (Wildman–Crippen MR) is 106 cm³/mol. The van der Waals surface area contributed by atoms with Crippen molar-refractivity contribution in [3.63, 3.8) is 0 Å². The number of hydrogen-bond donors (Lipinski definition) is 1. The molecule has 29 heavy (non-hydrogen) atoms. The van der Waals surface area contributed by atoms with Gasteiger partial charge in [-0.2, -0.15) is 0 Å². The van der Waals surface area contributed by atoms with Crippen LogP contribution in [0.2, 0.25) is 0 Å². The highest BCUT2D eigenvalue weighted by Gasteiger charge is 2.29. The highest BCUT2D eigenvalue weighted by atomic mass is 32.1. The van der Waals surface area contributed by atoms with Crippen molar-refractivity contribution >= 4 is 17.4 Å². The summed E-state index contributed by atoms with van der Waals surface area (Å²) < 4.78 is 16.7. The molecule has 1 aromatic carbocycles. The fraction of sp³-hybridized carbons (Fsp3) is 0.350. The summed E-state index contributed by atoms with van der Waals surface area (Å²) >= 11 is 1.63. The van der Waals surface area contributed by atoms with Gasteiger partial charge in [0.1, 0.15) is 0 Å². The molecule has 5 rings (SSSR count). The number of rotatable bonds is 4. The summed E-state index contributed by atoms with van der Waals surface area (Å²) in [5.74, 6) is 2.43. The van der Waals surface area contributed by atoms with Crippen LogP contribution >= 0.6 is 11.3 Å². The van der Waals surface area contributed by atoms with Crippen molar-refractivity contribution in [1.29, 1.82) is 0 Å². The Morgan fingerprint density at radius 2 is 2.17 bits per heavy atom. The van der Waals surface area contributed by atoms with Gasteiger partial charge in [-0.1, -0.05) is 6.07 Å². The van der Waals surface area contributed by atoms with E-state index in [1.165, 1.54) is 0 Å². The minimum absolute atomic E-state index is 0.0338. The molecule has 1 unspecified atom stereocenters. The summed E-state index contributed by atoms with van der Waals surface area (Å²) in [6, 6.07) is 9.48. The van der Waals surface area contributed by atoms with E-state index in [4.69, 9.17) is 13.9 Å². The van der Waals surface area contributed by atoms with Gasteiger partial charge in [-0.3, -0.25) is 0 Å². The molecule has 1 N–H and O–H groups in total. The molecule has 0 radical (unpaired) electrons. The summed E-state index contributed by atoms with van der Waals surface area (Å²) in [6.45, 7) is 2.07. The average molecular weight is 412 g/mol. The normalized spacial score (nSPS) is 18.1. The number of carbonyl (C=O) groups is 1. The van der Waals surface area contributed by atoms with Crippen LogP contribution in [0.15, 0.2) is 40.1 Å². The molecule has 1 fully saturated rings. The molecule has 1 saturated heterocycles. The van der Waals surface area contributed by atoms with E-state index in [1.807, 2.05) is 40.6 Å². The van der Waals surface area contributed by atoms with Crippen LogP contribution < -0.4 is 14.8 Å². The van der Waals surface area contributed by atoms with E-state index in [2.05, 4.69) is 15.5 Å². The van der Waals surface area contributed by atoms with Gasteiger partial charge in [0.15, 0.2) is 11.5 Å². The molecule has 0 bridgehead atoms. The highest BCUT2D eigenvalue weighted by molar-refractivity contribution is 7.09. The van der Waals surface area contributed by atoms with E-state index in [0.717, 1.165) is 29.8 Å². The van der Waals surface area contributed by atoms with Gasteiger partial charge >= 0.3 is 6.03 Å². The van der Waals surface area contributed by atoms with E-state index >= 15 is 0 Å². The van der Waals surface area contributed by atoms with E-state index in [-0.39, 0.29) is 18.7 Å². The van der Waals surface area contributed by atoms with Gasteiger partial charge in [-0.25, -0.2) is 4.79 Å². The third-order valence-electron chi connectivity index (χ3n) is 5.11. The molecule has 8 nitrogen and oxygen atoms in total. The zero-order valence-corrected chi connectivity index (χ0v) is 16.5. The Labute approximate surface area is 171 Å². The van der Waals surface area contributed by atoms with Gasteiger partial charge in [0.2, 0.25) is 18.6 Å². The van der Waals surface area contributed by atoms with Crippen molar-refractivity contribution in [2.24, 2.45) is 0 Å². The maximum atomic E-state index is 12.5. The minimum atomic E-state index is -0.0568. The van der Waals surface area contributed by atoms with Crippen LogP contribution in [0.5, 0.6) is 11.5 Å². The summed E-state index contributed by atoms with van der Waals surface area (Å²) in [7, 11) is 0. The maximum Gasteiger partial charge on any atom is 0.317 e. The molecule has 0 aliphatic carbocycles. The number of piperidine rings is 1. The summed E-state index contributed by atoms with van der Waals surface area (Å²) in [5, 5.41) is 13.4. The summed E-state index contributed by atoms with van der Waals surface area (Å²) in [6.07, 6.45) is 1.82. The van der Waals surface area contributed by atoms with Crippen molar-refractivity contribution in [3.8, 4) is 23.0 Å². The van der Waals surface area contributed by atoms with Crippen LogP contribution in [0, 0.1) is 0 Å². The Hall–Kier alpha value is -3.07.